The first kappa shape index (κ1) is 23.5. The van der Waals surface area contributed by atoms with Gasteiger partial charge in [-0.1, -0.05) is 30.3 Å². The molecule has 4 aromatic rings. The highest BCUT2D eigenvalue weighted by Crippen LogP contribution is 2.34. The molecule has 2 nitrogen and oxygen atoms in total. The zero-order valence-electron chi connectivity index (χ0n) is 17.8. The van der Waals surface area contributed by atoms with E-state index in [0.717, 1.165) is 6.07 Å². The molecule has 0 N–H and O–H groups in total. The smallest absolute Gasteiger partial charge is 0.422 e. The monoisotopic (exact) mass is 476 g/mol. The van der Waals surface area contributed by atoms with Gasteiger partial charge in [-0.05, 0) is 53.8 Å². The van der Waals surface area contributed by atoms with Crippen LogP contribution in [0.2, 0.25) is 0 Å². The predicted molar refractivity (Wildman–Crippen MR) is 117 cm³/mol. The molecule has 0 aliphatic carbocycles. The van der Waals surface area contributed by atoms with E-state index >= 15 is 0 Å². The highest BCUT2D eigenvalue weighted by atomic mass is 19.4. The SMILES string of the molecule is CCOc1ccc(-c2ccc(-c3ccc4c(F)c(OCC(F)(F)F)ccc4c3)c(F)c2)c(F)c1. The van der Waals surface area contributed by atoms with E-state index < -0.39 is 36.0 Å². The molecule has 0 spiro atoms. The van der Waals surface area contributed by atoms with Crippen molar-refractivity contribution in [3.05, 3.63) is 84.2 Å². The molecule has 4 rings (SSSR count). The van der Waals surface area contributed by atoms with Gasteiger partial charge in [-0.15, -0.1) is 0 Å². The van der Waals surface area contributed by atoms with Gasteiger partial charge in [-0.2, -0.15) is 13.2 Å². The molecule has 0 atom stereocenters. The third-order valence-corrected chi connectivity index (χ3v) is 5.15. The summed E-state index contributed by atoms with van der Waals surface area (Å²) in [6.45, 7) is 0.557. The second kappa shape index (κ2) is 9.29. The number of hydrogen-bond donors (Lipinski definition) is 0. The number of alkyl halides is 3. The van der Waals surface area contributed by atoms with Crippen LogP contribution in [0.1, 0.15) is 6.92 Å². The van der Waals surface area contributed by atoms with Gasteiger partial charge in [0.25, 0.3) is 0 Å². The lowest BCUT2D eigenvalue weighted by Gasteiger charge is -2.12. The number of fused-ring (bicyclic) bond motifs is 1. The molecule has 4 aromatic carbocycles. The fraction of sp³-hybridized carbons (Fsp3) is 0.154. The Balaban J connectivity index is 1.64. The Morgan fingerprint density at radius 1 is 0.706 bits per heavy atom. The number of hydrogen-bond acceptors (Lipinski definition) is 2. The standard InChI is InChI=1S/C26H18F6O2/c1-2-33-18-6-9-20(23(28)13-18)17-3-7-19(22(27)12-17)15-4-8-21-16(11-15)5-10-24(25(21)29)34-14-26(30,31)32/h3-13H,2,14H2,1H3. The summed E-state index contributed by atoms with van der Waals surface area (Å²) in [6, 6.07) is 15.4. The van der Waals surface area contributed by atoms with Crippen molar-refractivity contribution < 1.29 is 35.8 Å². The van der Waals surface area contributed by atoms with Crippen molar-refractivity contribution in [3.8, 4) is 33.8 Å². The van der Waals surface area contributed by atoms with Crippen molar-refractivity contribution in [2.45, 2.75) is 13.1 Å². The maximum atomic E-state index is 15.0. The van der Waals surface area contributed by atoms with E-state index in [-0.39, 0.29) is 16.5 Å². The van der Waals surface area contributed by atoms with E-state index in [1.807, 2.05) is 0 Å². The van der Waals surface area contributed by atoms with Gasteiger partial charge in [0.2, 0.25) is 0 Å². The normalized spacial score (nSPS) is 11.6. The topological polar surface area (TPSA) is 18.5 Å². The fourth-order valence-electron chi connectivity index (χ4n) is 3.61. The van der Waals surface area contributed by atoms with Crippen molar-refractivity contribution in [2.75, 3.05) is 13.2 Å². The highest BCUT2D eigenvalue weighted by Gasteiger charge is 2.29. The van der Waals surface area contributed by atoms with E-state index in [1.165, 1.54) is 48.5 Å². The lowest BCUT2D eigenvalue weighted by atomic mass is 9.97. The third-order valence-electron chi connectivity index (χ3n) is 5.15. The summed E-state index contributed by atoms with van der Waals surface area (Å²) < 4.78 is 90.9. The van der Waals surface area contributed by atoms with Gasteiger partial charge in [0, 0.05) is 22.6 Å². The highest BCUT2D eigenvalue weighted by molar-refractivity contribution is 5.89. The summed E-state index contributed by atoms with van der Waals surface area (Å²) in [7, 11) is 0. The minimum absolute atomic E-state index is 0.0388. The average Bonchev–Trinajstić information content (AvgIpc) is 2.78. The van der Waals surface area contributed by atoms with Crippen LogP contribution in [0.25, 0.3) is 33.0 Å². The minimum Gasteiger partial charge on any atom is -0.494 e. The molecular weight excluding hydrogens is 458 g/mol. The zero-order valence-corrected chi connectivity index (χ0v) is 17.8. The first-order valence-corrected chi connectivity index (χ1v) is 10.3. The van der Waals surface area contributed by atoms with Crippen LogP contribution >= 0.6 is 0 Å². The van der Waals surface area contributed by atoms with Crippen LogP contribution in [0.15, 0.2) is 66.7 Å². The summed E-state index contributed by atoms with van der Waals surface area (Å²) in [5.74, 6) is -2.25. The third kappa shape index (κ3) is 4.95. The Bertz CT molecular complexity index is 1350. The molecule has 0 bridgehead atoms. The molecule has 0 aliphatic rings. The van der Waals surface area contributed by atoms with Crippen molar-refractivity contribution in [3.63, 3.8) is 0 Å². The van der Waals surface area contributed by atoms with Gasteiger partial charge < -0.3 is 9.47 Å². The summed E-state index contributed by atoms with van der Waals surface area (Å²) in [6.07, 6.45) is -4.59. The van der Waals surface area contributed by atoms with Gasteiger partial charge in [0.15, 0.2) is 18.2 Å². The molecule has 0 heterocycles. The average molecular weight is 476 g/mol. The Hall–Kier alpha value is -3.68. The van der Waals surface area contributed by atoms with Crippen LogP contribution in [0.3, 0.4) is 0 Å². The molecule has 0 radical (unpaired) electrons. The lowest BCUT2D eigenvalue weighted by molar-refractivity contribution is -0.153. The molecule has 34 heavy (non-hydrogen) atoms. The van der Waals surface area contributed by atoms with Crippen LogP contribution in [0.4, 0.5) is 26.3 Å². The fourth-order valence-corrected chi connectivity index (χ4v) is 3.61. The molecule has 8 heteroatoms. The van der Waals surface area contributed by atoms with Crippen LogP contribution in [-0.2, 0) is 0 Å². The van der Waals surface area contributed by atoms with Gasteiger partial charge in [0.1, 0.15) is 17.4 Å². The zero-order chi connectivity index (χ0) is 24.5. The first-order chi connectivity index (χ1) is 16.2. The Labute approximate surface area is 191 Å². The Kier molecular flexibility index (Phi) is 6.41. The number of halogens is 6. The Morgan fingerprint density at radius 2 is 1.35 bits per heavy atom. The van der Waals surface area contributed by atoms with Crippen LogP contribution in [0.5, 0.6) is 11.5 Å². The number of ether oxygens (including phenoxy) is 2. The van der Waals surface area contributed by atoms with Gasteiger partial charge >= 0.3 is 6.18 Å². The van der Waals surface area contributed by atoms with Crippen LogP contribution in [-0.4, -0.2) is 19.4 Å². The van der Waals surface area contributed by atoms with Gasteiger partial charge in [0.05, 0.1) is 6.61 Å². The molecule has 0 aromatic heterocycles. The van der Waals surface area contributed by atoms with E-state index in [4.69, 9.17) is 4.74 Å². The maximum absolute atomic E-state index is 15.0. The predicted octanol–water partition coefficient (Wildman–Crippen LogP) is 7.93. The molecular formula is C26H18F6O2. The largest absolute Gasteiger partial charge is 0.494 e. The van der Waals surface area contributed by atoms with Gasteiger partial charge in [-0.3, -0.25) is 0 Å². The number of rotatable bonds is 6. The molecule has 0 saturated carbocycles. The van der Waals surface area contributed by atoms with Crippen LogP contribution in [0, 0.1) is 17.5 Å². The number of benzene rings is 4. The van der Waals surface area contributed by atoms with Gasteiger partial charge in [-0.25, -0.2) is 13.2 Å². The van der Waals surface area contributed by atoms with Crippen molar-refractivity contribution in [1.82, 2.24) is 0 Å². The van der Waals surface area contributed by atoms with E-state index in [0.29, 0.717) is 28.9 Å². The van der Waals surface area contributed by atoms with Crippen LogP contribution < -0.4 is 9.47 Å². The summed E-state index contributed by atoms with van der Waals surface area (Å²) in [5.41, 5.74) is 1.17. The Morgan fingerprint density at radius 3 is 2.00 bits per heavy atom. The van der Waals surface area contributed by atoms with E-state index in [9.17, 15) is 26.3 Å². The second-order valence-electron chi connectivity index (χ2n) is 7.49. The summed E-state index contributed by atoms with van der Waals surface area (Å²) in [4.78, 5) is 0. The molecule has 176 valence electrons. The molecule has 0 aliphatic heterocycles. The van der Waals surface area contributed by atoms with Crippen molar-refractivity contribution >= 4 is 10.8 Å². The molecule has 0 unspecified atom stereocenters. The molecule has 0 amide bonds. The van der Waals surface area contributed by atoms with E-state index in [1.54, 1.807) is 19.1 Å². The van der Waals surface area contributed by atoms with Crippen molar-refractivity contribution in [2.24, 2.45) is 0 Å². The quantitative estimate of drug-likeness (QED) is 0.263. The second-order valence-corrected chi connectivity index (χ2v) is 7.49. The molecule has 0 fully saturated rings. The first-order valence-electron chi connectivity index (χ1n) is 10.3. The summed E-state index contributed by atoms with van der Waals surface area (Å²) in [5, 5.41) is 0.396. The maximum Gasteiger partial charge on any atom is 0.422 e. The lowest BCUT2D eigenvalue weighted by Crippen LogP contribution is -2.19. The van der Waals surface area contributed by atoms with E-state index in [2.05, 4.69) is 4.74 Å². The summed E-state index contributed by atoms with van der Waals surface area (Å²) >= 11 is 0. The minimum atomic E-state index is -4.59. The molecule has 0 saturated heterocycles. The van der Waals surface area contributed by atoms with Crippen molar-refractivity contribution in [1.29, 1.82) is 0 Å².